The molecule has 25 heavy (non-hydrogen) atoms. The van der Waals surface area contributed by atoms with Gasteiger partial charge >= 0.3 is 0 Å². The van der Waals surface area contributed by atoms with Gasteiger partial charge in [-0.25, -0.2) is 4.99 Å². The summed E-state index contributed by atoms with van der Waals surface area (Å²) in [6.07, 6.45) is 2.99. The second kappa shape index (κ2) is 9.76. The molecule has 0 saturated heterocycles. The van der Waals surface area contributed by atoms with Crippen LogP contribution in [0.1, 0.15) is 25.3 Å². The molecule has 138 valence electrons. The standard InChI is InChI=1S/C18H28N4O3/c1-4-5-9-19-18(21-12-17(23)22(2)3)20-10-8-14-6-7-15-16(11-14)25-13-24-15/h6-7,11H,4-5,8-10,12-13H2,1-3H3,(H2,19,20,21). The SMILES string of the molecule is CCCCNC(=NCC(=O)N(C)C)NCCc1ccc2c(c1)OCO2. The highest BCUT2D eigenvalue weighted by molar-refractivity contribution is 5.84. The number of carbonyl (C=O) groups excluding carboxylic acids is 1. The minimum absolute atomic E-state index is 0.0210. The lowest BCUT2D eigenvalue weighted by Gasteiger charge is -2.13. The molecule has 2 N–H and O–H groups in total. The van der Waals surface area contributed by atoms with Crippen molar-refractivity contribution < 1.29 is 14.3 Å². The molecule has 1 aliphatic heterocycles. The minimum atomic E-state index is -0.0210. The van der Waals surface area contributed by atoms with E-state index in [1.165, 1.54) is 0 Å². The molecule has 0 aliphatic carbocycles. The van der Waals surface area contributed by atoms with Crippen LogP contribution in [0.2, 0.25) is 0 Å². The Hall–Kier alpha value is -2.44. The highest BCUT2D eigenvalue weighted by atomic mass is 16.7. The minimum Gasteiger partial charge on any atom is -0.454 e. The van der Waals surface area contributed by atoms with Gasteiger partial charge in [0.15, 0.2) is 17.5 Å². The molecule has 7 nitrogen and oxygen atoms in total. The Bertz CT molecular complexity index is 602. The molecule has 0 aromatic heterocycles. The zero-order valence-electron chi connectivity index (χ0n) is 15.3. The van der Waals surface area contributed by atoms with Crippen molar-refractivity contribution in [3.8, 4) is 11.5 Å². The number of aliphatic imine (C=N–C) groups is 1. The number of likely N-dealkylation sites (N-methyl/N-ethyl adjacent to an activating group) is 1. The summed E-state index contributed by atoms with van der Waals surface area (Å²) in [6, 6.07) is 5.97. The molecule has 0 unspecified atom stereocenters. The lowest BCUT2D eigenvalue weighted by atomic mass is 10.1. The highest BCUT2D eigenvalue weighted by Crippen LogP contribution is 2.32. The summed E-state index contributed by atoms with van der Waals surface area (Å²) in [4.78, 5) is 17.6. The number of carbonyl (C=O) groups is 1. The number of nitrogens with zero attached hydrogens (tertiary/aromatic N) is 2. The van der Waals surface area contributed by atoms with Crippen LogP contribution < -0.4 is 20.1 Å². The van der Waals surface area contributed by atoms with Crippen LogP contribution in [-0.4, -0.2) is 57.3 Å². The van der Waals surface area contributed by atoms with Crippen LogP contribution in [0.3, 0.4) is 0 Å². The second-order valence-corrected chi connectivity index (χ2v) is 6.10. The fourth-order valence-corrected chi connectivity index (χ4v) is 2.27. The van der Waals surface area contributed by atoms with Gasteiger partial charge in [0, 0.05) is 27.2 Å². The number of unbranched alkanes of at least 4 members (excludes halogenated alkanes) is 1. The Labute approximate surface area is 149 Å². The summed E-state index contributed by atoms with van der Waals surface area (Å²) in [5, 5.41) is 6.55. The fraction of sp³-hybridized carbons (Fsp3) is 0.556. The third-order valence-electron chi connectivity index (χ3n) is 3.84. The van der Waals surface area contributed by atoms with E-state index in [0.717, 1.165) is 42.9 Å². The number of hydrogen-bond donors (Lipinski definition) is 2. The number of ether oxygens (including phenoxy) is 2. The van der Waals surface area contributed by atoms with Crippen LogP contribution in [0.4, 0.5) is 0 Å². The molecule has 0 atom stereocenters. The van der Waals surface area contributed by atoms with Crippen LogP contribution in [0.15, 0.2) is 23.2 Å². The number of rotatable bonds is 8. The van der Waals surface area contributed by atoms with Crippen molar-refractivity contribution >= 4 is 11.9 Å². The zero-order valence-corrected chi connectivity index (χ0v) is 15.3. The van der Waals surface area contributed by atoms with Crippen molar-refractivity contribution in [2.24, 2.45) is 4.99 Å². The molecule has 1 aliphatic rings. The van der Waals surface area contributed by atoms with Gasteiger partial charge in [-0.3, -0.25) is 4.79 Å². The largest absolute Gasteiger partial charge is 0.454 e. The summed E-state index contributed by atoms with van der Waals surface area (Å²) < 4.78 is 10.7. The normalized spacial score (nSPS) is 12.8. The van der Waals surface area contributed by atoms with Gasteiger partial charge in [-0.2, -0.15) is 0 Å². The molecule has 0 radical (unpaired) electrons. The predicted octanol–water partition coefficient (Wildman–Crippen LogP) is 1.38. The van der Waals surface area contributed by atoms with Crippen LogP contribution in [0.5, 0.6) is 11.5 Å². The number of nitrogens with one attached hydrogen (secondary N) is 2. The lowest BCUT2D eigenvalue weighted by Crippen LogP contribution is -2.40. The molecule has 7 heteroatoms. The lowest BCUT2D eigenvalue weighted by molar-refractivity contribution is -0.127. The summed E-state index contributed by atoms with van der Waals surface area (Å²) in [6.45, 7) is 4.12. The van der Waals surface area contributed by atoms with Gasteiger partial charge in [-0.15, -0.1) is 0 Å². The molecular weight excluding hydrogens is 320 g/mol. The van der Waals surface area contributed by atoms with Gasteiger partial charge in [0.25, 0.3) is 0 Å². The van der Waals surface area contributed by atoms with Gasteiger partial charge < -0.3 is 25.0 Å². The average Bonchev–Trinajstić information content (AvgIpc) is 3.06. The quantitative estimate of drug-likeness (QED) is 0.422. The molecule has 1 aromatic carbocycles. The van der Waals surface area contributed by atoms with Gasteiger partial charge in [0.1, 0.15) is 6.54 Å². The maximum absolute atomic E-state index is 11.7. The van der Waals surface area contributed by atoms with Crippen molar-refractivity contribution in [2.45, 2.75) is 26.2 Å². The maximum Gasteiger partial charge on any atom is 0.243 e. The zero-order chi connectivity index (χ0) is 18.1. The van der Waals surface area contributed by atoms with Crippen molar-refractivity contribution in [2.75, 3.05) is 40.5 Å². The first-order chi connectivity index (χ1) is 12.1. The van der Waals surface area contributed by atoms with E-state index in [4.69, 9.17) is 9.47 Å². The summed E-state index contributed by atoms with van der Waals surface area (Å²) in [7, 11) is 3.46. The highest BCUT2D eigenvalue weighted by Gasteiger charge is 2.13. The molecule has 0 spiro atoms. The topological polar surface area (TPSA) is 75.2 Å². The van der Waals surface area contributed by atoms with E-state index in [1.54, 1.807) is 19.0 Å². The number of benzene rings is 1. The number of amides is 1. The van der Waals surface area contributed by atoms with Crippen LogP contribution in [0, 0.1) is 0 Å². The van der Waals surface area contributed by atoms with Gasteiger partial charge in [-0.05, 0) is 30.5 Å². The van der Waals surface area contributed by atoms with E-state index in [1.807, 2.05) is 18.2 Å². The van der Waals surface area contributed by atoms with Crippen molar-refractivity contribution in [3.63, 3.8) is 0 Å². The molecule has 0 saturated carbocycles. The Kier molecular flexibility index (Phi) is 7.37. The van der Waals surface area contributed by atoms with Crippen molar-refractivity contribution in [1.29, 1.82) is 0 Å². The number of hydrogen-bond acceptors (Lipinski definition) is 4. The molecule has 2 rings (SSSR count). The van der Waals surface area contributed by atoms with Gasteiger partial charge in [0.2, 0.25) is 12.7 Å². The summed E-state index contributed by atoms with van der Waals surface area (Å²) in [5.74, 6) is 2.24. The van der Waals surface area contributed by atoms with E-state index in [-0.39, 0.29) is 19.2 Å². The summed E-state index contributed by atoms with van der Waals surface area (Å²) in [5.41, 5.74) is 1.16. The Morgan fingerprint density at radius 3 is 2.72 bits per heavy atom. The average molecular weight is 348 g/mol. The van der Waals surface area contributed by atoms with E-state index < -0.39 is 0 Å². The third kappa shape index (κ3) is 6.17. The predicted molar refractivity (Wildman–Crippen MR) is 98.2 cm³/mol. The van der Waals surface area contributed by atoms with Crippen LogP contribution in [0.25, 0.3) is 0 Å². The maximum atomic E-state index is 11.7. The van der Waals surface area contributed by atoms with E-state index in [9.17, 15) is 4.79 Å². The Balaban J connectivity index is 1.85. The first kappa shape index (κ1) is 18.9. The third-order valence-corrected chi connectivity index (χ3v) is 3.84. The molecule has 1 heterocycles. The first-order valence-corrected chi connectivity index (χ1v) is 8.71. The van der Waals surface area contributed by atoms with E-state index in [2.05, 4.69) is 22.5 Å². The number of fused-ring (bicyclic) bond motifs is 1. The van der Waals surface area contributed by atoms with E-state index >= 15 is 0 Å². The number of guanidine groups is 1. The molecule has 1 amide bonds. The molecule has 1 aromatic rings. The molecule has 0 fully saturated rings. The van der Waals surface area contributed by atoms with Crippen molar-refractivity contribution in [3.05, 3.63) is 23.8 Å². The second-order valence-electron chi connectivity index (χ2n) is 6.10. The van der Waals surface area contributed by atoms with Crippen LogP contribution in [-0.2, 0) is 11.2 Å². The van der Waals surface area contributed by atoms with E-state index in [0.29, 0.717) is 12.5 Å². The first-order valence-electron chi connectivity index (χ1n) is 8.71. The molecule has 0 bridgehead atoms. The molecular formula is C18H28N4O3. The van der Waals surface area contributed by atoms with Gasteiger partial charge in [0.05, 0.1) is 0 Å². The summed E-state index contributed by atoms with van der Waals surface area (Å²) >= 11 is 0. The Morgan fingerprint density at radius 1 is 1.20 bits per heavy atom. The fourth-order valence-electron chi connectivity index (χ4n) is 2.27. The smallest absolute Gasteiger partial charge is 0.243 e. The monoisotopic (exact) mass is 348 g/mol. The Morgan fingerprint density at radius 2 is 1.96 bits per heavy atom. The van der Waals surface area contributed by atoms with Crippen LogP contribution >= 0.6 is 0 Å². The van der Waals surface area contributed by atoms with Crippen molar-refractivity contribution in [1.82, 2.24) is 15.5 Å². The van der Waals surface area contributed by atoms with Gasteiger partial charge in [-0.1, -0.05) is 19.4 Å².